The summed E-state index contributed by atoms with van der Waals surface area (Å²) in [6.45, 7) is 1.59. The lowest BCUT2D eigenvalue weighted by molar-refractivity contribution is -0.154. The van der Waals surface area contributed by atoms with E-state index in [0.717, 1.165) is 35.4 Å². The van der Waals surface area contributed by atoms with Crippen LogP contribution in [0, 0.1) is 5.92 Å². The fourth-order valence-corrected chi connectivity index (χ4v) is 3.76. The van der Waals surface area contributed by atoms with Crippen molar-refractivity contribution >= 4 is 39.1 Å². The highest BCUT2D eigenvalue weighted by Gasteiger charge is 2.33. The number of nitrogens with one attached hydrogen (secondary N) is 1. The van der Waals surface area contributed by atoms with Crippen LogP contribution in [0.5, 0.6) is 0 Å². The summed E-state index contributed by atoms with van der Waals surface area (Å²) in [5.74, 6) is -0.603. The number of hydrogen-bond acceptors (Lipinski definition) is 5. The second-order valence-electron chi connectivity index (χ2n) is 6.79. The zero-order valence-corrected chi connectivity index (χ0v) is 15.8. The number of amides is 1. The third-order valence-corrected chi connectivity index (χ3v) is 5.52. The van der Waals surface area contributed by atoms with Crippen LogP contribution in [0.15, 0.2) is 48.5 Å². The van der Waals surface area contributed by atoms with E-state index in [1.54, 1.807) is 18.3 Å². The van der Waals surface area contributed by atoms with Gasteiger partial charge in [0.25, 0.3) is 5.91 Å². The minimum Gasteiger partial charge on any atom is -0.452 e. The zero-order valence-electron chi connectivity index (χ0n) is 15.0. The normalized spacial score (nSPS) is 14.7. The van der Waals surface area contributed by atoms with E-state index in [4.69, 9.17) is 4.74 Å². The maximum absolute atomic E-state index is 12.2. The van der Waals surface area contributed by atoms with E-state index < -0.39 is 6.10 Å². The van der Waals surface area contributed by atoms with Gasteiger partial charge in [0.2, 0.25) is 0 Å². The Labute approximate surface area is 161 Å². The van der Waals surface area contributed by atoms with Gasteiger partial charge in [-0.1, -0.05) is 24.3 Å². The predicted octanol–water partition coefficient (Wildman–Crippen LogP) is 4.17. The number of carbonyl (C=O) groups excluding carboxylic acids is 2. The van der Waals surface area contributed by atoms with Crippen molar-refractivity contribution in [3.8, 4) is 0 Å². The van der Waals surface area contributed by atoms with Crippen molar-refractivity contribution in [2.75, 3.05) is 5.32 Å². The molecule has 1 aliphatic rings. The minimum atomic E-state index is -0.791. The summed E-state index contributed by atoms with van der Waals surface area (Å²) in [5, 5.41) is 3.85. The first-order valence-electron chi connectivity index (χ1n) is 9.03. The van der Waals surface area contributed by atoms with Gasteiger partial charge in [0, 0.05) is 12.1 Å². The Morgan fingerprint density at radius 2 is 1.93 bits per heavy atom. The number of hydrogen-bond donors (Lipinski definition) is 1. The number of ether oxygens (including phenoxy) is 1. The Morgan fingerprint density at radius 1 is 1.19 bits per heavy atom. The number of benzene rings is 2. The fourth-order valence-electron chi connectivity index (χ4n) is 2.76. The van der Waals surface area contributed by atoms with Gasteiger partial charge in [0.1, 0.15) is 0 Å². The highest BCUT2D eigenvalue weighted by atomic mass is 32.1. The molecule has 1 fully saturated rings. The van der Waals surface area contributed by atoms with E-state index in [2.05, 4.69) is 16.4 Å². The fraction of sp³-hybridized carbons (Fsp3) is 0.286. The second-order valence-corrected chi connectivity index (χ2v) is 7.91. The average Bonchev–Trinajstić information content (AvgIpc) is 3.43. The lowest BCUT2D eigenvalue weighted by Gasteiger charge is -2.13. The number of fused-ring (bicyclic) bond motifs is 1. The van der Waals surface area contributed by atoms with E-state index >= 15 is 0 Å². The molecular weight excluding hydrogens is 360 g/mol. The van der Waals surface area contributed by atoms with Crippen LogP contribution in [0.1, 0.15) is 30.3 Å². The van der Waals surface area contributed by atoms with Gasteiger partial charge in [0.15, 0.2) is 6.10 Å². The molecule has 3 aromatic rings. The molecule has 138 valence electrons. The molecule has 0 aliphatic heterocycles. The Hall–Kier alpha value is -2.73. The Morgan fingerprint density at radius 3 is 2.63 bits per heavy atom. The van der Waals surface area contributed by atoms with E-state index in [0.29, 0.717) is 5.69 Å². The first kappa shape index (κ1) is 17.7. The summed E-state index contributed by atoms with van der Waals surface area (Å²) in [5.41, 5.74) is 2.83. The van der Waals surface area contributed by atoms with Crippen molar-refractivity contribution in [2.45, 2.75) is 32.3 Å². The number of rotatable bonds is 6. The third kappa shape index (κ3) is 4.34. The van der Waals surface area contributed by atoms with Crippen LogP contribution in [-0.4, -0.2) is 23.0 Å². The summed E-state index contributed by atoms with van der Waals surface area (Å²) in [6, 6.07) is 15.8. The van der Waals surface area contributed by atoms with E-state index in [1.807, 2.05) is 42.5 Å². The summed E-state index contributed by atoms with van der Waals surface area (Å²) < 4.78 is 6.37. The quantitative estimate of drug-likeness (QED) is 0.652. The minimum absolute atomic E-state index is 0.0120. The van der Waals surface area contributed by atoms with Crippen LogP contribution in [0.3, 0.4) is 0 Å². The van der Waals surface area contributed by atoms with E-state index in [9.17, 15) is 9.59 Å². The Bertz CT molecular complexity index is 944. The van der Waals surface area contributed by atoms with Crippen LogP contribution in [-0.2, 0) is 20.7 Å². The average molecular weight is 380 g/mol. The van der Waals surface area contributed by atoms with Crippen LogP contribution in [0.25, 0.3) is 10.2 Å². The van der Waals surface area contributed by atoms with Gasteiger partial charge in [-0.3, -0.25) is 9.59 Å². The molecule has 4 rings (SSSR count). The van der Waals surface area contributed by atoms with Gasteiger partial charge < -0.3 is 10.1 Å². The molecule has 1 atom stereocenters. The monoisotopic (exact) mass is 380 g/mol. The molecule has 0 saturated heterocycles. The molecule has 0 spiro atoms. The smallest absolute Gasteiger partial charge is 0.309 e. The molecule has 5 nitrogen and oxygen atoms in total. The first-order valence-corrected chi connectivity index (χ1v) is 9.85. The Balaban J connectivity index is 1.35. The summed E-state index contributed by atoms with van der Waals surface area (Å²) >= 11 is 1.69. The van der Waals surface area contributed by atoms with Gasteiger partial charge in [-0.25, -0.2) is 4.98 Å². The maximum atomic E-state index is 12.2. The molecule has 1 saturated carbocycles. The van der Waals surface area contributed by atoms with Crippen LogP contribution >= 0.6 is 11.3 Å². The molecule has 0 unspecified atom stereocenters. The first-order chi connectivity index (χ1) is 13.1. The van der Waals surface area contributed by atoms with Gasteiger partial charge in [-0.05, 0) is 49.6 Å². The molecule has 6 heteroatoms. The van der Waals surface area contributed by atoms with Crippen LogP contribution in [0.4, 0.5) is 5.69 Å². The van der Waals surface area contributed by atoms with Gasteiger partial charge in [-0.15, -0.1) is 11.3 Å². The third-order valence-electron chi connectivity index (χ3n) is 4.49. The molecule has 1 amide bonds. The topological polar surface area (TPSA) is 68.3 Å². The number of thiazole rings is 1. The van der Waals surface area contributed by atoms with E-state index in [1.165, 1.54) is 4.70 Å². The van der Waals surface area contributed by atoms with Gasteiger partial charge >= 0.3 is 5.97 Å². The summed E-state index contributed by atoms with van der Waals surface area (Å²) in [6.07, 6.45) is 1.69. The number of nitrogens with zero attached hydrogens (tertiary/aromatic N) is 1. The zero-order chi connectivity index (χ0) is 18.8. The predicted molar refractivity (Wildman–Crippen MR) is 106 cm³/mol. The van der Waals surface area contributed by atoms with Crippen LogP contribution in [0.2, 0.25) is 0 Å². The summed E-state index contributed by atoms with van der Waals surface area (Å²) in [4.78, 5) is 28.5. The number of anilines is 1. The van der Waals surface area contributed by atoms with Crippen molar-refractivity contribution in [2.24, 2.45) is 5.92 Å². The van der Waals surface area contributed by atoms with Crippen molar-refractivity contribution in [3.05, 3.63) is 59.1 Å². The standard InChI is InChI=1S/C21H20N2O3S/c1-13(26-21(25)15-8-9-15)20(24)22-16-10-6-14(7-11-16)12-19-23-17-4-2-3-5-18(17)27-19/h2-7,10-11,13,15H,8-9,12H2,1H3,(H,22,24)/t13-/m0/s1. The highest BCUT2D eigenvalue weighted by molar-refractivity contribution is 7.18. The lowest BCUT2D eigenvalue weighted by atomic mass is 10.1. The second kappa shape index (κ2) is 7.48. The molecule has 1 aliphatic carbocycles. The van der Waals surface area contributed by atoms with Crippen molar-refractivity contribution in [1.29, 1.82) is 0 Å². The maximum Gasteiger partial charge on any atom is 0.309 e. The molecule has 0 radical (unpaired) electrons. The van der Waals surface area contributed by atoms with Crippen molar-refractivity contribution < 1.29 is 14.3 Å². The number of para-hydroxylation sites is 1. The number of carbonyl (C=O) groups is 2. The summed E-state index contributed by atoms with van der Waals surface area (Å²) in [7, 11) is 0. The van der Waals surface area contributed by atoms with E-state index in [-0.39, 0.29) is 17.8 Å². The van der Waals surface area contributed by atoms with Crippen molar-refractivity contribution in [3.63, 3.8) is 0 Å². The molecule has 1 aromatic heterocycles. The molecule has 0 bridgehead atoms. The highest BCUT2D eigenvalue weighted by Crippen LogP contribution is 2.30. The number of esters is 1. The molecule has 1 heterocycles. The SMILES string of the molecule is C[C@H](OC(=O)C1CC1)C(=O)Nc1ccc(Cc2nc3ccccc3s2)cc1. The molecule has 1 N–H and O–H groups in total. The van der Waals surface area contributed by atoms with Crippen molar-refractivity contribution in [1.82, 2.24) is 4.98 Å². The molecule has 2 aromatic carbocycles. The van der Waals surface area contributed by atoms with Crippen LogP contribution < -0.4 is 5.32 Å². The molecular formula is C21H20N2O3S. The molecule has 27 heavy (non-hydrogen) atoms. The largest absolute Gasteiger partial charge is 0.452 e. The Kier molecular flexibility index (Phi) is 4.90. The number of aromatic nitrogens is 1. The van der Waals surface area contributed by atoms with Gasteiger partial charge in [0.05, 0.1) is 21.1 Å². The van der Waals surface area contributed by atoms with Gasteiger partial charge in [-0.2, -0.15) is 0 Å². The lowest BCUT2D eigenvalue weighted by Crippen LogP contribution is -2.30.